The van der Waals surface area contributed by atoms with Crippen molar-refractivity contribution in [2.24, 2.45) is 0 Å². The van der Waals surface area contributed by atoms with E-state index in [2.05, 4.69) is 139 Å². The molecule has 0 saturated heterocycles. The molecule has 6 rings (SSSR count). The van der Waals surface area contributed by atoms with Crippen LogP contribution in [0.15, 0.2) is 133 Å². The van der Waals surface area contributed by atoms with Crippen LogP contribution in [0.2, 0.25) is 0 Å². The molecule has 0 aliphatic heterocycles. The van der Waals surface area contributed by atoms with Gasteiger partial charge in [-0.15, -0.1) is 0 Å². The van der Waals surface area contributed by atoms with Crippen LogP contribution in [0.3, 0.4) is 0 Å². The molecule has 0 heterocycles. The zero-order chi connectivity index (χ0) is 22.0. The van der Waals surface area contributed by atoms with Gasteiger partial charge in [0.15, 0.2) is 0 Å². The molecule has 0 aliphatic rings. The van der Waals surface area contributed by atoms with Crippen LogP contribution in [-0.2, 0) is 0 Å². The zero-order valence-electron chi connectivity index (χ0n) is 18.2. The van der Waals surface area contributed by atoms with Gasteiger partial charge in [-0.25, -0.2) is 0 Å². The number of benzene rings is 6. The monoisotopic (exact) mass is 421 g/mol. The SMILES string of the molecule is c1ccc(-c2ccc3ccc(Nc4ccc5ccc(-c6ccccc6)cc5c4)cc3c2)cc1. The van der Waals surface area contributed by atoms with Crippen LogP contribution < -0.4 is 5.32 Å². The molecule has 0 aromatic heterocycles. The van der Waals surface area contributed by atoms with Crippen LogP contribution in [-0.4, -0.2) is 0 Å². The van der Waals surface area contributed by atoms with E-state index in [4.69, 9.17) is 0 Å². The molecule has 0 unspecified atom stereocenters. The summed E-state index contributed by atoms with van der Waals surface area (Å²) in [6.45, 7) is 0. The van der Waals surface area contributed by atoms with Crippen molar-refractivity contribution in [3.05, 3.63) is 133 Å². The largest absolute Gasteiger partial charge is 0.355 e. The van der Waals surface area contributed by atoms with Crippen molar-refractivity contribution in [1.82, 2.24) is 0 Å². The maximum atomic E-state index is 3.61. The summed E-state index contributed by atoms with van der Waals surface area (Å²) in [5, 5.41) is 8.55. The van der Waals surface area contributed by atoms with E-state index in [9.17, 15) is 0 Å². The van der Waals surface area contributed by atoms with Crippen LogP contribution in [0.4, 0.5) is 11.4 Å². The highest BCUT2D eigenvalue weighted by Crippen LogP contribution is 2.30. The molecular weight excluding hydrogens is 398 g/mol. The average molecular weight is 422 g/mol. The van der Waals surface area contributed by atoms with Gasteiger partial charge in [-0.1, -0.05) is 97.1 Å². The Balaban J connectivity index is 1.33. The molecule has 0 aliphatic carbocycles. The molecule has 156 valence electrons. The molecule has 1 heteroatoms. The van der Waals surface area contributed by atoms with Gasteiger partial charge in [0, 0.05) is 11.4 Å². The highest BCUT2D eigenvalue weighted by molar-refractivity contribution is 5.92. The van der Waals surface area contributed by atoms with Gasteiger partial charge >= 0.3 is 0 Å². The highest BCUT2D eigenvalue weighted by Gasteiger charge is 2.04. The molecule has 0 saturated carbocycles. The first-order valence-electron chi connectivity index (χ1n) is 11.3. The predicted octanol–water partition coefficient (Wildman–Crippen LogP) is 9.07. The molecule has 0 atom stereocenters. The number of anilines is 2. The molecule has 6 aromatic rings. The zero-order valence-corrected chi connectivity index (χ0v) is 18.2. The first kappa shape index (κ1) is 19.3. The lowest BCUT2D eigenvalue weighted by atomic mass is 10.0. The Kier molecular flexibility index (Phi) is 4.86. The molecule has 1 N–H and O–H groups in total. The minimum atomic E-state index is 1.09. The van der Waals surface area contributed by atoms with Crippen LogP contribution in [0.5, 0.6) is 0 Å². The fourth-order valence-corrected chi connectivity index (χ4v) is 4.44. The molecule has 0 bridgehead atoms. The Morgan fingerprint density at radius 2 is 0.727 bits per heavy atom. The predicted molar refractivity (Wildman–Crippen MR) is 142 cm³/mol. The van der Waals surface area contributed by atoms with E-state index < -0.39 is 0 Å². The maximum Gasteiger partial charge on any atom is 0.0390 e. The summed E-state index contributed by atoms with van der Waals surface area (Å²) in [5.74, 6) is 0. The van der Waals surface area contributed by atoms with Crippen molar-refractivity contribution in [3.8, 4) is 22.3 Å². The second kappa shape index (κ2) is 8.29. The maximum absolute atomic E-state index is 3.61. The lowest BCUT2D eigenvalue weighted by Gasteiger charge is -2.11. The molecule has 6 aromatic carbocycles. The van der Waals surface area contributed by atoms with Crippen molar-refractivity contribution < 1.29 is 0 Å². The molecule has 33 heavy (non-hydrogen) atoms. The molecule has 0 amide bonds. The number of nitrogens with one attached hydrogen (secondary N) is 1. The van der Waals surface area contributed by atoms with Gasteiger partial charge in [-0.2, -0.15) is 0 Å². The van der Waals surface area contributed by atoms with Gasteiger partial charge in [0.1, 0.15) is 0 Å². The minimum absolute atomic E-state index is 1.09. The Bertz CT molecular complexity index is 1450. The van der Waals surface area contributed by atoms with Crippen molar-refractivity contribution in [2.45, 2.75) is 0 Å². The van der Waals surface area contributed by atoms with Crippen LogP contribution >= 0.6 is 0 Å². The Hall–Kier alpha value is -4.36. The molecule has 0 fully saturated rings. The second-order valence-electron chi connectivity index (χ2n) is 8.41. The number of rotatable bonds is 4. The second-order valence-corrected chi connectivity index (χ2v) is 8.41. The van der Waals surface area contributed by atoms with E-state index in [1.807, 2.05) is 0 Å². The van der Waals surface area contributed by atoms with Crippen LogP contribution in [0.1, 0.15) is 0 Å². The molecular formula is C32H23N. The van der Waals surface area contributed by atoms with Crippen molar-refractivity contribution in [1.29, 1.82) is 0 Å². The summed E-state index contributed by atoms with van der Waals surface area (Å²) >= 11 is 0. The van der Waals surface area contributed by atoms with Crippen LogP contribution in [0, 0.1) is 0 Å². The smallest absolute Gasteiger partial charge is 0.0390 e. The normalized spacial score (nSPS) is 11.0. The fourth-order valence-electron chi connectivity index (χ4n) is 4.44. The Morgan fingerprint density at radius 3 is 1.18 bits per heavy atom. The summed E-state index contributed by atoms with van der Waals surface area (Å²) in [5.41, 5.74) is 7.12. The van der Waals surface area contributed by atoms with Gasteiger partial charge in [-0.3, -0.25) is 0 Å². The highest BCUT2D eigenvalue weighted by atomic mass is 14.9. The van der Waals surface area contributed by atoms with E-state index in [0.717, 1.165) is 11.4 Å². The quantitative estimate of drug-likeness (QED) is 0.299. The fraction of sp³-hybridized carbons (Fsp3) is 0. The standard InChI is InChI=1S/C32H23N/c1-3-7-23(8-4-1)27-13-11-25-15-17-31(21-29(25)19-27)33-32-18-16-26-12-14-28(20-30(26)22-32)24-9-5-2-6-10-24/h1-22,33H. The summed E-state index contributed by atoms with van der Waals surface area (Å²) < 4.78 is 0. The number of hydrogen-bond donors (Lipinski definition) is 1. The van der Waals surface area contributed by atoms with E-state index >= 15 is 0 Å². The Labute approximate surface area is 194 Å². The van der Waals surface area contributed by atoms with Gasteiger partial charge < -0.3 is 5.32 Å². The topological polar surface area (TPSA) is 12.0 Å². The van der Waals surface area contributed by atoms with E-state index in [1.54, 1.807) is 0 Å². The molecule has 1 nitrogen and oxygen atoms in total. The molecule has 0 radical (unpaired) electrons. The third-order valence-corrected chi connectivity index (χ3v) is 6.18. The van der Waals surface area contributed by atoms with Gasteiger partial charge in [0.25, 0.3) is 0 Å². The van der Waals surface area contributed by atoms with Gasteiger partial charge in [0.2, 0.25) is 0 Å². The molecule has 0 spiro atoms. The number of hydrogen-bond acceptors (Lipinski definition) is 1. The van der Waals surface area contributed by atoms with Gasteiger partial charge in [-0.05, 0) is 80.2 Å². The van der Waals surface area contributed by atoms with E-state index in [-0.39, 0.29) is 0 Å². The Morgan fingerprint density at radius 1 is 0.303 bits per heavy atom. The van der Waals surface area contributed by atoms with E-state index in [0.29, 0.717) is 0 Å². The van der Waals surface area contributed by atoms with Gasteiger partial charge in [0.05, 0.1) is 0 Å². The first-order chi connectivity index (χ1) is 16.3. The van der Waals surface area contributed by atoms with Crippen molar-refractivity contribution in [3.63, 3.8) is 0 Å². The van der Waals surface area contributed by atoms with E-state index in [1.165, 1.54) is 43.8 Å². The summed E-state index contributed by atoms with van der Waals surface area (Å²) in [7, 11) is 0. The lowest BCUT2D eigenvalue weighted by molar-refractivity contribution is 1.58. The first-order valence-corrected chi connectivity index (χ1v) is 11.3. The van der Waals surface area contributed by atoms with Crippen molar-refractivity contribution >= 4 is 32.9 Å². The summed E-state index contributed by atoms with van der Waals surface area (Å²) in [6, 6.07) is 47.5. The lowest BCUT2D eigenvalue weighted by Crippen LogP contribution is -1.90. The third kappa shape index (κ3) is 3.97. The minimum Gasteiger partial charge on any atom is -0.355 e. The van der Waals surface area contributed by atoms with Crippen LogP contribution in [0.25, 0.3) is 43.8 Å². The number of fused-ring (bicyclic) bond motifs is 2. The average Bonchev–Trinajstić information content (AvgIpc) is 2.89. The third-order valence-electron chi connectivity index (χ3n) is 6.18. The summed E-state index contributed by atoms with van der Waals surface area (Å²) in [6.07, 6.45) is 0. The summed E-state index contributed by atoms with van der Waals surface area (Å²) in [4.78, 5) is 0. The van der Waals surface area contributed by atoms with Crippen molar-refractivity contribution in [2.75, 3.05) is 5.32 Å².